The van der Waals surface area contributed by atoms with Crippen LogP contribution in [0.4, 0.5) is 9.18 Å². The summed E-state index contributed by atoms with van der Waals surface area (Å²) in [6.07, 6.45) is 7.09. The van der Waals surface area contributed by atoms with E-state index in [0.717, 1.165) is 19.3 Å². The van der Waals surface area contributed by atoms with Crippen LogP contribution < -0.4 is 0 Å². The Hall–Kier alpha value is -3.99. The summed E-state index contributed by atoms with van der Waals surface area (Å²) in [5, 5.41) is 11.8. The molecule has 1 aliphatic carbocycles. The van der Waals surface area contributed by atoms with Crippen molar-refractivity contribution in [1.29, 1.82) is 0 Å². The molecule has 3 aromatic rings. The predicted molar refractivity (Wildman–Crippen MR) is 166 cm³/mol. The van der Waals surface area contributed by atoms with Gasteiger partial charge in [-0.15, -0.1) is 0 Å². The first-order chi connectivity index (χ1) is 21.2. The number of likely N-dealkylation sites (tertiary alicyclic amines) is 2. The number of pyridine rings is 1. The zero-order chi connectivity index (χ0) is 32.4. The van der Waals surface area contributed by atoms with E-state index in [4.69, 9.17) is 4.74 Å². The molecule has 2 aromatic heterocycles. The van der Waals surface area contributed by atoms with Gasteiger partial charge in [0.25, 0.3) is 5.91 Å². The van der Waals surface area contributed by atoms with Crippen molar-refractivity contribution in [3.63, 3.8) is 0 Å². The number of hydrogen-bond acceptors (Lipinski definition) is 6. The fourth-order valence-corrected chi connectivity index (χ4v) is 7.32. The number of fused-ring (bicyclic) bond motifs is 3. The van der Waals surface area contributed by atoms with E-state index >= 15 is 0 Å². The third kappa shape index (κ3) is 5.45. The number of halogens is 1. The number of piperidine rings is 1. The summed E-state index contributed by atoms with van der Waals surface area (Å²) in [6.45, 7) is 11.7. The molecule has 2 bridgehead atoms. The van der Waals surface area contributed by atoms with Crippen molar-refractivity contribution in [2.75, 3.05) is 19.6 Å². The van der Waals surface area contributed by atoms with Gasteiger partial charge in [0.2, 0.25) is 5.91 Å². The van der Waals surface area contributed by atoms with Gasteiger partial charge in [-0.1, -0.05) is 6.07 Å². The molecule has 0 unspecified atom stereocenters. The van der Waals surface area contributed by atoms with Gasteiger partial charge in [-0.05, 0) is 90.5 Å². The van der Waals surface area contributed by atoms with Gasteiger partial charge in [-0.25, -0.2) is 14.2 Å². The Morgan fingerprint density at radius 1 is 1.16 bits per heavy atom. The summed E-state index contributed by atoms with van der Waals surface area (Å²) in [7, 11) is 0. The van der Waals surface area contributed by atoms with Gasteiger partial charge in [0, 0.05) is 36.0 Å². The average molecular weight is 620 g/mol. The second kappa shape index (κ2) is 11.1. The number of carbonyl (C=O) groups is 3. The molecule has 1 N–H and O–H groups in total. The molecule has 3 amide bonds. The molecule has 11 heteroatoms. The minimum absolute atomic E-state index is 0.0166. The first kappa shape index (κ1) is 31.0. The Kier molecular flexibility index (Phi) is 7.66. The van der Waals surface area contributed by atoms with Crippen LogP contribution in [0.1, 0.15) is 76.7 Å². The number of β-amino-alcohol motifs (C(OH)–C–C–N with tert-alkyl or cyclic N) is 1. The quantitative estimate of drug-likeness (QED) is 0.424. The number of rotatable bonds is 6. The minimum atomic E-state index is -1.37. The van der Waals surface area contributed by atoms with Crippen molar-refractivity contribution >= 4 is 23.4 Å². The number of benzene rings is 1. The van der Waals surface area contributed by atoms with Crippen molar-refractivity contribution in [3.05, 3.63) is 59.9 Å². The highest BCUT2D eigenvalue weighted by Crippen LogP contribution is 2.45. The molecule has 45 heavy (non-hydrogen) atoms. The molecule has 0 radical (unpaired) electrons. The van der Waals surface area contributed by atoms with E-state index in [1.807, 2.05) is 41.5 Å². The van der Waals surface area contributed by atoms with E-state index in [-0.39, 0.29) is 48.5 Å². The van der Waals surface area contributed by atoms with Gasteiger partial charge >= 0.3 is 6.09 Å². The maximum atomic E-state index is 14.5. The lowest BCUT2D eigenvalue weighted by atomic mass is 9.84. The lowest BCUT2D eigenvalue weighted by molar-refractivity contribution is -0.163. The second-order valence-corrected chi connectivity index (χ2v) is 14.0. The lowest BCUT2D eigenvalue weighted by Gasteiger charge is -2.49. The number of amides is 3. The maximum Gasteiger partial charge on any atom is 0.411 e. The summed E-state index contributed by atoms with van der Waals surface area (Å²) in [5.74, 6) is -0.915. The van der Waals surface area contributed by atoms with E-state index in [2.05, 4.69) is 4.98 Å². The van der Waals surface area contributed by atoms with Crippen LogP contribution in [0.2, 0.25) is 0 Å². The van der Waals surface area contributed by atoms with Gasteiger partial charge < -0.3 is 24.0 Å². The van der Waals surface area contributed by atoms with Crippen molar-refractivity contribution < 1.29 is 28.6 Å². The van der Waals surface area contributed by atoms with Crippen LogP contribution in [-0.4, -0.2) is 90.5 Å². The molecule has 3 aliphatic rings. The fourth-order valence-electron chi connectivity index (χ4n) is 7.32. The van der Waals surface area contributed by atoms with Crippen molar-refractivity contribution in [2.45, 2.75) is 90.1 Å². The Balaban J connectivity index is 1.30. The van der Waals surface area contributed by atoms with E-state index in [1.54, 1.807) is 50.0 Å². The lowest BCUT2D eigenvalue weighted by Crippen LogP contribution is -2.65. The number of carbonyl (C=O) groups excluding carboxylic acids is 3. The first-order valence-corrected chi connectivity index (χ1v) is 15.8. The summed E-state index contributed by atoms with van der Waals surface area (Å²) in [4.78, 5) is 49.8. The molecule has 1 saturated carbocycles. The molecule has 2 aliphatic heterocycles. The molecule has 0 spiro atoms. The number of aliphatic hydroxyl groups is 1. The van der Waals surface area contributed by atoms with Gasteiger partial charge in [0.15, 0.2) is 0 Å². The third-order valence-electron chi connectivity index (χ3n) is 9.44. The average Bonchev–Trinajstić information content (AvgIpc) is 3.70. The summed E-state index contributed by atoms with van der Waals surface area (Å²) in [5.41, 5.74) is 0.567. The van der Waals surface area contributed by atoms with E-state index in [1.165, 1.54) is 12.1 Å². The Morgan fingerprint density at radius 2 is 1.89 bits per heavy atom. The van der Waals surface area contributed by atoms with Crippen LogP contribution in [-0.2, 0) is 15.1 Å². The first-order valence-electron chi connectivity index (χ1n) is 15.8. The normalized spacial score (nSPS) is 22.2. The van der Waals surface area contributed by atoms with Crippen LogP contribution in [0.25, 0.3) is 16.6 Å². The van der Waals surface area contributed by atoms with E-state index in [0.29, 0.717) is 28.8 Å². The number of aromatic nitrogens is 2. The fraction of sp³-hybridized carbons (Fsp3) is 0.529. The SMILES string of the molecule is CCN(C(=O)c1cc(F)ccc1-c1cc(C2(O)CN(C(=O)[C@@H]3[C@H]4CC[C@H](C4)N3C(=O)OC(C)(C)C)C2)cn2cncc12)C(C)C. The number of imidazole rings is 1. The van der Waals surface area contributed by atoms with Gasteiger partial charge in [-0.3, -0.25) is 14.5 Å². The predicted octanol–water partition coefficient (Wildman–Crippen LogP) is 4.83. The molecule has 3 atom stereocenters. The maximum absolute atomic E-state index is 14.5. The molecular weight excluding hydrogens is 577 g/mol. The van der Waals surface area contributed by atoms with Crippen LogP contribution >= 0.6 is 0 Å². The largest absolute Gasteiger partial charge is 0.444 e. The molecule has 3 fully saturated rings. The van der Waals surface area contributed by atoms with Gasteiger partial charge in [-0.2, -0.15) is 0 Å². The number of nitrogens with zero attached hydrogens (tertiary/aromatic N) is 5. The molecule has 10 nitrogen and oxygen atoms in total. The molecule has 6 rings (SSSR count). The number of hydrogen-bond donors (Lipinski definition) is 1. The molecule has 2 saturated heterocycles. The summed E-state index contributed by atoms with van der Waals surface area (Å²) < 4.78 is 22.0. The minimum Gasteiger partial charge on any atom is -0.444 e. The van der Waals surface area contributed by atoms with Crippen LogP contribution in [0.15, 0.2) is 43.0 Å². The van der Waals surface area contributed by atoms with Crippen LogP contribution in [0, 0.1) is 11.7 Å². The highest BCUT2D eigenvalue weighted by Gasteiger charge is 2.56. The van der Waals surface area contributed by atoms with Crippen LogP contribution in [0.3, 0.4) is 0 Å². The van der Waals surface area contributed by atoms with Gasteiger partial charge in [0.1, 0.15) is 23.1 Å². The zero-order valence-corrected chi connectivity index (χ0v) is 26.8. The summed E-state index contributed by atoms with van der Waals surface area (Å²) >= 11 is 0. The van der Waals surface area contributed by atoms with E-state index in [9.17, 15) is 23.9 Å². The van der Waals surface area contributed by atoms with Crippen LogP contribution in [0.5, 0.6) is 0 Å². The highest BCUT2D eigenvalue weighted by molar-refractivity contribution is 6.03. The molecule has 4 heterocycles. The Morgan fingerprint density at radius 3 is 2.56 bits per heavy atom. The van der Waals surface area contributed by atoms with E-state index < -0.39 is 29.2 Å². The topological polar surface area (TPSA) is 108 Å². The van der Waals surface area contributed by atoms with Gasteiger partial charge in [0.05, 0.1) is 36.7 Å². The smallest absolute Gasteiger partial charge is 0.411 e. The van der Waals surface area contributed by atoms with Crippen molar-refractivity contribution in [1.82, 2.24) is 24.1 Å². The molecule has 240 valence electrons. The monoisotopic (exact) mass is 619 g/mol. The molecular formula is C34H42FN5O5. The third-order valence-corrected chi connectivity index (χ3v) is 9.44. The van der Waals surface area contributed by atoms with Crippen molar-refractivity contribution in [2.24, 2.45) is 5.92 Å². The Bertz CT molecular complexity index is 1660. The Labute approximate surface area is 262 Å². The second-order valence-electron chi connectivity index (χ2n) is 14.0. The highest BCUT2D eigenvalue weighted by atomic mass is 19.1. The summed E-state index contributed by atoms with van der Waals surface area (Å²) in [6, 6.07) is 5.26. The standard InChI is InChI=1S/C34H42FN5O5/c1-7-39(20(2)3)30(41)27-14-23(35)9-11-25(27)26-13-22(16-37-19-36-15-28(26)37)34(44)17-38(18-34)31(42)29-21-8-10-24(12-21)40(29)32(43)45-33(4,5)6/h9,11,13-16,19-21,24,29,44H,7-8,10,12,17-18H2,1-6H3/t21-,24+,29-/m0/s1. The number of ether oxygens (including phenoxy) is 1. The van der Waals surface area contributed by atoms with Crippen molar-refractivity contribution in [3.8, 4) is 11.1 Å². The zero-order valence-electron chi connectivity index (χ0n) is 26.8. The molecule has 1 aromatic carbocycles.